The number of hydrogen-bond acceptors (Lipinski definition) is 5. The van der Waals surface area contributed by atoms with Crippen molar-refractivity contribution in [2.45, 2.75) is 45.4 Å². The molecule has 6 nitrogen and oxygen atoms in total. The Morgan fingerprint density at radius 1 is 1.12 bits per heavy atom. The van der Waals surface area contributed by atoms with Gasteiger partial charge in [-0.25, -0.2) is 0 Å². The molecule has 0 N–H and O–H groups in total. The third-order valence-corrected chi connectivity index (χ3v) is 4.43. The van der Waals surface area contributed by atoms with Crippen LogP contribution in [0, 0.1) is 0 Å². The minimum atomic E-state index is -0.926. The Balaban J connectivity index is 1.73. The second kappa shape index (κ2) is 7.56. The number of fused-ring (bicyclic) bond motifs is 1. The van der Waals surface area contributed by atoms with Gasteiger partial charge in [-0.05, 0) is 18.6 Å². The molecule has 3 rings (SSSR count). The highest BCUT2D eigenvalue weighted by atomic mass is 16.7. The first-order valence-electron chi connectivity index (χ1n) is 8.70. The van der Waals surface area contributed by atoms with Crippen LogP contribution >= 0.6 is 0 Å². The molecule has 1 aromatic heterocycles. The number of carbonyl (C=O) groups excluding carboxylic acids is 3. The fraction of sp³-hybridized carbons (Fsp3) is 0.350. The number of rotatable bonds is 6. The van der Waals surface area contributed by atoms with Crippen molar-refractivity contribution in [3.63, 3.8) is 0 Å². The Morgan fingerprint density at radius 2 is 1.85 bits per heavy atom. The second-order valence-electron chi connectivity index (χ2n) is 6.18. The molecule has 0 saturated heterocycles. The molecule has 0 amide bonds. The molecule has 1 aromatic carbocycles. The minimum absolute atomic E-state index is 0.0730. The Hall–Kier alpha value is -2.89. The lowest BCUT2D eigenvalue weighted by Gasteiger charge is -2.16. The van der Waals surface area contributed by atoms with Gasteiger partial charge in [-0.3, -0.25) is 14.4 Å². The Bertz CT molecular complexity index is 824. The number of esters is 2. The molecule has 26 heavy (non-hydrogen) atoms. The SMILES string of the molecule is CCC(=O)OC(C)OC(=O)C1CCn2c(C(=O)c3ccccc3)ccc21. The van der Waals surface area contributed by atoms with Crippen molar-refractivity contribution >= 4 is 17.7 Å². The Kier molecular flexibility index (Phi) is 5.21. The van der Waals surface area contributed by atoms with E-state index in [1.807, 2.05) is 22.8 Å². The smallest absolute Gasteiger partial charge is 0.318 e. The van der Waals surface area contributed by atoms with E-state index in [4.69, 9.17) is 9.47 Å². The van der Waals surface area contributed by atoms with E-state index < -0.39 is 24.1 Å². The molecule has 0 fully saturated rings. The predicted octanol–water partition coefficient (Wildman–Crippen LogP) is 3.05. The van der Waals surface area contributed by atoms with Gasteiger partial charge >= 0.3 is 11.9 Å². The standard InChI is InChI=1S/C20H21NO5/c1-3-18(22)25-13(2)26-20(24)15-11-12-21-16(15)9-10-17(21)19(23)14-7-5-4-6-8-14/h4-10,13,15H,3,11-12H2,1-2H3. The molecule has 2 aromatic rings. The molecular weight excluding hydrogens is 334 g/mol. The quantitative estimate of drug-likeness (QED) is 0.452. The van der Waals surface area contributed by atoms with Gasteiger partial charge in [0.05, 0.1) is 11.6 Å². The molecular formula is C20H21NO5. The van der Waals surface area contributed by atoms with E-state index in [1.54, 1.807) is 31.2 Å². The molecule has 1 aliphatic rings. The van der Waals surface area contributed by atoms with Gasteiger partial charge in [0.15, 0.2) is 0 Å². The summed E-state index contributed by atoms with van der Waals surface area (Å²) in [5.41, 5.74) is 1.93. The molecule has 0 radical (unpaired) electrons. The molecule has 2 unspecified atom stereocenters. The molecule has 0 spiro atoms. The van der Waals surface area contributed by atoms with Gasteiger partial charge < -0.3 is 14.0 Å². The van der Waals surface area contributed by atoms with Gasteiger partial charge in [-0.2, -0.15) is 0 Å². The highest BCUT2D eigenvalue weighted by molar-refractivity contribution is 6.08. The number of benzene rings is 1. The lowest BCUT2D eigenvalue weighted by molar-refractivity contribution is -0.185. The zero-order chi connectivity index (χ0) is 18.7. The molecule has 136 valence electrons. The zero-order valence-corrected chi connectivity index (χ0v) is 14.8. The van der Waals surface area contributed by atoms with Crippen LogP contribution in [0.3, 0.4) is 0 Å². The molecule has 0 bridgehead atoms. The number of ether oxygens (including phenoxy) is 2. The summed E-state index contributed by atoms with van der Waals surface area (Å²) in [6.45, 7) is 3.76. The first-order chi connectivity index (χ1) is 12.5. The maximum absolute atomic E-state index is 12.7. The van der Waals surface area contributed by atoms with Crippen LogP contribution in [0.4, 0.5) is 0 Å². The van der Waals surface area contributed by atoms with Crippen molar-refractivity contribution in [1.29, 1.82) is 0 Å². The van der Waals surface area contributed by atoms with Crippen LogP contribution in [0.2, 0.25) is 0 Å². The number of hydrogen-bond donors (Lipinski definition) is 0. The molecule has 2 atom stereocenters. The fourth-order valence-corrected chi connectivity index (χ4v) is 3.16. The number of carbonyl (C=O) groups is 3. The summed E-state index contributed by atoms with van der Waals surface area (Å²) in [5, 5.41) is 0. The number of aromatic nitrogens is 1. The van der Waals surface area contributed by atoms with Crippen molar-refractivity contribution in [1.82, 2.24) is 4.57 Å². The van der Waals surface area contributed by atoms with Crippen molar-refractivity contribution in [2.75, 3.05) is 0 Å². The summed E-state index contributed by atoms with van der Waals surface area (Å²) >= 11 is 0. The van der Waals surface area contributed by atoms with Gasteiger partial charge in [-0.15, -0.1) is 0 Å². The molecule has 1 aliphatic heterocycles. The summed E-state index contributed by atoms with van der Waals surface area (Å²) in [4.78, 5) is 36.4. The first kappa shape index (κ1) is 17.9. The monoisotopic (exact) mass is 355 g/mol. The van der Waals surface area contributed by atoms with E-state index in [1.165, 1.54) is 6.92 Å². The first-order valence-corrected chi connectivity index (χ1v) is 8.70. The topological polar surface area (TPSA) is 74.6 Å². The fourth-order valence-electron chi connectivity index (χ4n) is 3.16. The van der Waals surface area contributed by atoms with Gasteiger partial charge in [0.2, 0.25) is 12.1 Å². The zero-order valence-electron chi connectivity index (χ0n) is 14.8. The Labute approximate surface area is 151 Å². The van der Waals surface area contributed by atoms with E-state index in [0.29, 0.717) is 24.2 Å². The van der Waals surface area contributed by atoms with Crippen LogP contribution < -0.4 is 0 Å². The highest BCUT2D eigenvalue weighted by Crippen LogP contribution is 2.32. The lowest BCUT2D eigenvalue weighted by Crippen LogP contribution is -2.24. The van der Waals surface area contributed by atoms with Gasteiger partial charge in [0.1, 0.15) is 0 Å². The van der Waals surface area contributed by atoms with E-state index in [0.717, 1.165) is 5.69 Å². The number of nitrogens with zero attached hydrogens (tertiary/aromatic N) is 1. The van der Waals surface area contributed by atoms with E-state index in [9.17, 15) is 14.4 Å². The predicted molar refractivity (Wildman–Crippen MR) is 93.6 cm³/mol. The normalized spacial score (nSPS) is 16.6. The van der Waals surface area contributed by atoms with Crippen molar-refractivity contribution < 1.29 is 23.9 Å². The van der Waals surface area contributed by atoms with E-state index >= 15 is 0 Å². The maximum atomic E-state index is 12.7. The summed E-state index contributed by atoms with van der Waals surface area (Å²) < 4.78 is 12.1. The van der Waals surface area contributed by atoms with Crippen molar-refractivity contribution in [3.05, 3.63) is 59.4 Å². The van der Waals surface area contributed by atoms with Crippen LogP contribution in [0.25, 0.3) is 0 Å². The van der Waals surface area contributed by atoms with E-state index in [-0.39, 0.29) is 12.2 Å². The minimum Gasteiger partial charge on any atom is -0.425 e. The third kappa shape index (κ3) is 3.54. The largest absolute Gasteiger partial charge is 0.425 e. The molecule has 6 heteroatoms. The van der Waals surface area contributed by atoms with Crippen molar-refractivity contribution in [2.24, 2.45) is 0 Å². The average Bonchev–Trinajstić information content (AvgIpc) is 3.23. The van der Waals surface area contributed by atoms with Crippen LogP contribution in [-0.2, 0) is 25.6 Å². The van der Waals surface area contributed by atoms with Crippen LogP contribution in [0.5, 0.6) is 0 Å². The number of ketones is 1. The highest BCUT2D eigenvalue weighted by Gasteiger charge is 2.34. The van der Waals surface area contributed by atoms with E-state index in [2.05, 4.69) is 0 Å². The van der Waals surface area contributed by atoms with Gasteiger partial charge in [-0.1, -0.05) is 37.3 Å². The summed E-state index contributed by atoms with van der Waals surface area (Å²) in [6, 6.07) is 12.6. The Morgan fingerprint density at radius 3 is 2.54 bits per heavy atom. The van der Waals surface area contributed by atoms with Crippen LogP contribution in [-0.4, -0.2) is 28.6 Å². The van der Waals surface area contributed by atoms with Gasteiger partial charge in [0, 0.05) is 31.1 Å². The van der Waals surface area contributed by atoms with Gasteiger partial charge in [0.25, 0.3) is 0 Å². The summed E-state index contributed by atoms with van der Waals surface area (Å²) in [5.74, 6) is -1.40. The molecule has 0 aliphatic carbocycles. The van der Waals surface area contributed by atoms with Crippen LogP contribution in [0.15, 0.2) is 42.5 Å². The second-order valence-corrected chi connectivity index (χ2v) is 6.18. The average molecular weight is 355 g/mol. The molecule has 2 heterocycles. The van der Waals surface area contributed by atoms with Crippen molar-refractivity contribution in [3.8, 4) is 0 Å². The lowest BCUT2D eigenvalue weighted by atomic mass is 10.1. The maximum Gasteiger partial charge on any atom is 0.318 e. The van der Waals surface area contributed by atoms with Crippen LogP contribution in [0.1, 0.15) is 54.4 Å². The molecule has 0 saturated carbocycles. The summed E-state index contributed by atoms with van der Waals surface area (Å²) in [6.07, 6.45) is -0.151. The third-order valence-electron chi connectivity index (χ3n) is 4.43. The summed E-state index contributed by atoms with van der Waals surface area (Å²) in [7, 11) is 0.